The van der Waals surface area contributed by atoms with Crippen LogP contribution in [-0.2, 0) is 0 Å². The average Bonchev–Trinajstić information content (AvgIpc) is 2.34. The van der Waals surface area contributed by atoms with Crippen molar-refractivity contribution >= 4 is 28.2 Å². The van der Waals surface area contributed by atoms with Gasteiger partial charge < -0.3 is 0 Å². The van der Waals surface area contributed by atoms with Gasteiger partial charge in [-0.2, -0.15) is 0 Å². The Morgan fingerprint density at radius 1 is 0.867 bits per heavy atom. The molecule has 0 amide bonds. The van der Waals surface area contributed by atoms with Crippen molar-refractivity contribution in [2.45, 2.75) is 41.5 Å². The fourth-order valence-corrected chi connectivity index (χ4v) is 1.20. The number of halogens is 1. The highest BCUT2D eigenvalue weighted by atomic mass is 127. The second-order valence-corrected chi connectivity index (χ2v) is 4.14. The molecule has 0 aromatic heterocycles. The standard InChI is InChI=1S/C10H11I.2C2H6/c1-8(9(2)11)10-6-4-3-5-7-10;2*1-2/h3-7H,1-2H3;2*1-2H3/b9-8+;;. The van der Waals surface area contributed by atoms with Gasteiger partial charge in [0.15, 0.2) is 0 Å². The first-order chi connectivity index (χ1) is 7.22. The molecule has 0 fully saturated rings. The Morgan fingerprint density at radius 3 is 1.60 bits per heavy atom. The van der Waals surface area contributed by atoms with Gasteiger partial charge in [0, 0.05) is 0 Å². The fraction of sp³-hybridized carbons (Fsp3) is 0.429. The predicted molar refractivity (Wildman–Crippen MR) is 81.4 cm³/mol. The van der Waals surface area contributed by atoms with E-state index in [1.165, 1.54) is 14.7 Å². The van der Waals surface area contributed by atoms with Gasteiger partial charge in [-0.25, -0.2) is 0 Å². The van der Waals surface area contributed by atoms with Gasteiger partial charge in [0.1, 0.15) is 0 Å². The summed E-state index contributed by atoms with van der Waals surface area (Å²) < 4.78 is 1.36. The Kier molecular flexibility index (Phi) is 13.4. The van der Waals surface area contributed by atoms with E-state index < -0.39 is 0 Å². The topological polar surface area (TPSA) is 0 Å². The van der Waals surface area contributed by atoms with Gasteiger partial charge in [-0.05, 0) is 51.2 Å². The quantitative estimate of drug-likeness (QED) is 0.563. The second kappa shape index (κ2) is 11.8. The van der Waals surface area contributed by atoms with Crippen molar-refractivity contribution in [3.05, 3.63) is 39.5 Å². The molecule has 0 atom stereocenters. The van der Waals surface area contributed by atoms with E-state index in [0.717, 1.165) is 0 Å². The van der Waals surface area contributed by atoms with E-state index in [1.54, 1.807) is 0 Å². The Bertz CT molecular complexity index is 256. The van der Waals surface area contributed by atoms with E-state index in [-0.39, 0.29) is 0 Å². The van der Waals surface area contributed by atoms with Crippen LogP contribution in [0.1, 0.15) is 47.1 Å². The van der Waals surface area contributed by atoms with Crippen LogP contribution in [0.4, 0.5) is 0 Å². The molecule has 1 rings (SSSR count). The summed E-state index contributed by atoms with van der Waals surface area (Å²) in [5.41, 5.74) is 2.69. The molecular formula is C14H23I. The SMILES string of the molecule is C/C(I)=C(/C)c1ccccc1.CC.CC. The molecule has 0 saturated heterocycles. The van der Waals surface area contributed by atoms with Crippen molar-refractivity contribution < 1.29 is 0 Å². The van der Waals surface area contributed by atoms with Gasteiger partial charge in [-0.1, -0.05) is 58.0 Å². The maximum atomic E-state index is 2.35. The summed E-state index contributed by atoms with van der Waals surface area (Å²) >= 11 is 2.35. The Balaban J connectivity index is 0. The lowest BCUT2D eigenvalue weighted by Gasteiger charge is -2.01. The molecular weight excluding hydrogens is 295 g/mol. The third-order valence-electron chi connectivity index (χ3n) is 1.72. The van der Waals surface area contributed by atoms with Crippen LogP contribution >= 0.6 is 22.6 Å². The molecule has 0 spiro atoms. The Labute approximate surface area is 109 Å². The van der Waals surface area contributed by atoms with Crippen molar-refractivity contribution in [3.8, 4) is 0 Å². The third kappa shape index (κ3) is 7.60. The van der Waals surface area contributed by atoms with E-state index in [0.29, 0.717) is 0 Å². The lowest BCUT2D eigenvalue weighted by Crippen LogP contribution is -1.78. The number of benzene rings is 1. The molecule has 0 aliphatic rings. The first kappa shape index (κ1) is 17.1. The molecule has 0 heterocycles. The van der Waals surface area contributed by atoms with E-state index in [1.807, 2.05) is 33.8 Å². The van der Waals surface area contributed by atoms with Crippen molar-refractivity contribution in [1.82, 2.24) is 0 Å². The van der Waals surface area contributed by atoms with Crippen LogP contribution in [0, 0.1) is 0 Å². The molecule has 0 nitrogen and oxygen atoms in total. The third-order valence-corrected chi connectivity index (χ3v) is 2.53. The fourth-order valence-electron chi connectivity index (χ4n) is 0.887. The van der Waals surface area contributed by atoms with Crippen LogP contribution in [0.15, 0.2) is 33.9 Å². The maximum Gasteiger partial charge on any atom is -0.00899 e. The van der Waals surface area contributed by atoms with Crippen molar-refractivity contribution in [3.63, 3.8) is 0 Å². The smallest absolute Gasteiger partial charge is 0.00899 e. The van der Waals surface area contributed by atoms with Crippen molar-refractivity contribution in [2.24, 2.45) is 0 Å². The molecule has 0 unspecified atom stereocenters. The largest absolute Gasteiger partial charge is 0.0683 e. The minimum atomic E-state index is 1.32. The second-order valence-electron chi connectivity index (χ2n) is 2.52. The Morgan fingerprint density at radius 2 is 1.27 bits per heavy atom. The Hall–Kier alpha value is -0.310. The normalized spacial score (nSPS) is 10.1. The molecule has 1 heteroatoms. The molecule has 15 heavy (non-hydrogen) atoms. The van der Waals surface area contributed by atoms with E-state index >= 15 is 0 Å². The monoisotopic (exact) mass is 318 g/mol. The summed E-state index contributed by atoms with van der Waals surface area (Å²) in [4.78, 5) is 0. The van der Waals surface area contributed by atoms with E-state index in [2.05, 4.69) is 60.7 Å². The molecule has 86 valence electrons. The van der Waals surface area contributed by atoms with Crippen LogP contribution in [0.3, 0.4) is 0 Å². The lowest BCUT2D eigenvalue weighted by atomic mass is 10.1. The number of rotatable bonds is 1. The van der Waals surface area contributed by atoms with Gasteiger partial charge in [-0.15, -0.1) is 0 Å². The van der Waals surface area contributed by atoms with Gasteiger partial charge >= 0.3 is 0 Å². The van der Waals surface area contributed by atoms with E-state index in [4.69, 9.17) is 0 Å². The lowest BCUT2D eigenvalue weighted by molar-refractivity contribution is 1.50. The molecule has 0 bridgehead atoms. The highest BCUT2D eigenvalue weighted by molar-refractivity contribution is 14.1. The van der Waals surface area contributed by atoms with Crippen LogP contribution in [0.25, 0.3) is 5.57 Å². The first-order valence-electron chi connectivity index (χ1n) is 5.60. The zero-order valence-electron chi connectivity index (χ0n) is 10.8. The first-order valence-corrected chi connectivity index (χ1v) is 6.68. The zero-order chi connectivity index (χ0) is 12.3. The predicted octanol–water partition coefficient (Wildman–Crippen LogP) is 5.92. The molecule has 0 N–H and O–H groups in total. The summed E-state index contributed by atoms with van der Waals surface area (Å²) in [6.07, 6.45) is 0. The summed E-state index contributed by atoms with van der Waals surface area (Å²) in [5.74, 6) is 0. The van der Waals surface area contributed by atoms with Gasteiger partial charge in [0.05, 0.1) is 0 Å². The minimum Gasteiger partial charge on any atom is -0.0683 e. The molecule has 0 aliphatic heterocycles. The van der Waals surface area contributed by atoms with Crippen LogP contribution in [-0.4, -0.2) is 0 Å². The highest BCUT2D eigenvalue weighted by Gasteiger charge is 1.95. The summed E-state index contributed by atoms with van der Waals surface area (Å²) in [6.45, 7) is 12.3. The van der Waals surface area contributed by atoms with Gasteiger partial charge in [0.25, 0.3) is 0 Å². The van der Waals surface area contributed by atoms with Gasteiger partial charge in [-0.3, -0.25) is 0 Å². The average molecular weight is 318 g/mol. The maximum absolute atomic E-state index is 2.35. The van der Waals surface area contributed by atoms with Crippen molar-refractivity contribution in [2.75, 3.05) is 0 Å². The molecule has 1 aromatic rings. The van der Waals surface area contributed by atoms with Crippen LogP contribution in [0.5, 0.6) is 0 Å². The molecule has 1 aromatic carbocycles. The van der Waals surface area contributed by atoms with Crippen molar-refractivity contribution in [1.29, 1.82) is 0 Å². The molecule has 0 aliphatic carbocycles. The number of hydrogen-bond acceptors (Lipinski definition) is 0. The summed E-state index contributed by atoms with van der Waals surface area (Å²) in [5, 5.41) is 0. The number of hydrogen-bond donors (Lipinski definition) is 0. The zero-order valence-corrected chi connectivity index (χ0v) is 12.9. The van der Waals surface area contributed by atoms with E-state index in [9.17, 15) is 0 Å². The molecule has 0 saturated carbocycles. The molecule has 0 radical (unpaired) electrons. The number of allylic oxidation sites excluding steroid dienone is 2. The van der Waals surface area contributed by atoms with Gasteiger partial charge in [0.2, 0.25) is 0 Å². The summed E-state index contributed by atoms with van der Waals surface area (Å²) in [7, 11) is 0. The summed E-state index contributed by atoms with van der Waals surface area (Å²) in [6, 6.07) is 10.4. The minimum absolute atomic E-state index is 1.32. The van der Waals surface area contributed by atoms with Crippen LogP contribution in [0.2, 0.25) is 0 Å². The van der Waals surface area contributed by atoms with Crippen LogP contribution < -0.4 is 0 Å². The highest BCUT2D eigenvalue weighted by Crippen LogP contribution is 2.21.